The van der Waals surface area contributed by atoms with E-state index in [9.17, 15) is 0 Å². The van der Waals surface area contributed by atoms with Crippen LogP contribution < -0.4 is 10.1 Å². The van der Waals surface area contributed by atoms with Crippen molar-refractivity contribution in [3.63, 3.8) is 0 Å². The minimum absolute atomic E-state index is 0.589. The van der Waals surface area contributed by atoms with E-state index < -0.39 is 0 Å². The first-order valence-corrected chi connectivity index (χ1v) is 5.55. The zero-order valence-corrected chi connectivity index (χ0v) is 9.66. The van der Waals surface area contributed by atoms with Gasteiger partial charge in [0.1, 0.15) is 11.8 Å². The van der Waals surface area contributed by atoms with E-state index in [1.165, 1.54) is 6.42 Å². The first-order chi connectivity index (χ1) is 7.74. The first-order valence-electron chi connectivity index (χ1n) is 5.55. The zero-order valence-electron chi connectivity index (χ0n) is 9.66. The second-order valence-corrected chi connectivity index (χ2v) is 4.35. The quantitative estimate of drug-likeness (QED) is 0.838. The van der Waals surface area contributed by atoms with Crippen molar-refractivity contribution in [2.75, 3.05) is 7.11 Å². The van der Waals surface area contributed by atoms with Crippen LogP contribution in [0.4, 0.5) is 0 Å². The molecule has 0 aromatic heterocycles. The van der Waals surface area contributed by atoms with Crippen molar-refractivity contribution < 1.29 is 4.74 Å². The van der Waals surface area contributed by atoms with Crippen molar-refractivity contribution in [1.82, 2.24) is 5.32 Å². The number of nitriles is 1. The Hall–Kier alpha value is -1.53. The van der Waals surface area contributed by atoms with Crippen molar-refractivity contribution in [2.24, 2.45) is 5.92 Å². The Morgan fingerprint density at radius 1 is 1.56 bits per heavy atom. The van der Waals surface area contributed by atoms with Crippen LogP contribution in [-0.2, 0) is 6.54 Å². The summed E-state index contributed by atoms with van der Waals surface area (Å²) in [5, 5.41) is 12.3. The molecule has 0 bridgehead atoms. The third kappa shape index (κ3) is 2.34. The van der Waals surface area contributed by atoms with Gasteiger partial charge in [-0.1, -0.05) is 13.0 Å². The largest absolute Gasteiger partial charge is 0.495 e. The Labute approximate surface area is 96.0 Å². The SMILES string of the molecule is COc1cc(CNC2CC2C)ccc1C#N. The van der Waals surface area contributed by atoms with E-state index in [0.29, 0.717) is 17.4 Å². The lowest BCUT2D eigenvalue weighted by Crippen LogP contribution is -2.17. The monoisotopic (exact) mass is 216 g/mol. The van der Waals surface area contributed by atoms with Gasteiger partial charge in [-0.2, -0.15) is 5.26 Å². The molecule has 0 saturated heterocycles. The van der Waals surface area contributed by atoms with E-state index in [1.807, 2.05) is 18.2 Å². The van der Waals surface area contributed by atoms with Gasteiger partial charge in [-0.05, 0) is 30.0 Å². The van der Waals surface area contributed by atoms with Gasteiger partial charge in [0.15, 0.2) is 0 Å². The van der Waals surface area contributed by atoms with Crippen LogP contribution in [0.5, 0.6) is 5.75 Å². The van der Waals surface area contributed by atoms with Crippen molar-refractivity contribution in [3.8, 4) is 11.8 Å². The summed E-state index contributed by atoms with van der Waals surface area (Å²) in [6.45, 7) is 3.09. The van der Waals surface area contributed by atoms with Crippen LogP contribution in [-0.4, -0.2) is 13.2 Å². The molecule has 1 aromatic rings. The minimum Gasteiger partial charge on any atom is -0.495 e. The number of hydrogen-bond donors (Lipinski definition) is 1. The highest BCUT2D eigenvalue weighted by Crippen LogP contribution is 2.29. The van der Waals surface area contributed by atoms with E-state index in [1.54, 1.807) is 7.11 Å². The highest BCUT2D eigenvalue weighted by atomic mass is 16.5. The summed E-state index contributed by atoms with van der Waals surface area (Å²) in [4.78, 5) is 0. The fourth-order valence-electron chi connectivity index (χ4n) is 1.79. The lowest BCUT2D eigenvalue weighted by molar-refractivity contribution is 0.412. The Morgan fingerprint density at radius 3 is 2.88 bits per heavy atom. The smallest absolute Gasteiger partial charge is 0.136 e. The normalized spacial score (nSPS) is 22.6. The maximum Gasteiger partial charge on any atom is 0.136 e. The molecule has 0 radical (unpaired) electrons. The lowest BCUT2D eigenvalue weighted by atomic mass is 10.1. The molecular weight excluding hydrogens is 200 g/mol. The van der Waals surface area contributed by atoms with Gasteiger partial charge in [0.05, 0.1) is 12.7 Å². The number of methoxy groups -OCH3 is 1. The Balaban J connectivity index is 2.02. The van der Waals surface area contributed by atoms with Gasteiger partial charge in [0, 0.05) is 12.6 Å². The van der Waals surface area contributed by atoms with Gasteiger partial charge in [-0.15, -0.1) is 0 Å². The fraction of sp³-hybridized carbons (Fsp3) is 0.462. The average molecular weight is 216 g/mol. The summed E-state index contributed by atoms with van der Waals surface area (Å²) in [6.07, 6.45) is 1.27. The predicted molar refractivity (Wildman–Crippen MR) is 62.1 cm³/mol. The van der Waals surface area contributed by atoms with Crippen LogP contribution in [0.3, 0.4) is 0 Å². The summed E-state index contributed by atoms with van der Waals surface area (Å²) in [6, 6.07) is 8.49. The molecule has 1 aliphatic carbocycles. The van der Waals surface area contributed by atoms with Crippen LogP contribution in [0, 0.1) is 17.2 Å². The van der Waals surface area contributed by atoms with E-state index in [4.69, 9.17) is 10.00 Å². The Morgan fingerprint density at radius 2 is 2.31 bits per heavy atom. The molecule has 2 atom stereocenters. The molecule has 1 saturated carbocycles. The van der Waals surface area contributed by atoms with Gasteiger partial charge in [-0.25, -0.2) is 0 Å². The van der Waals surface area contributed by atoms with Crippen LogP contribution in [0.15, 0.2) is 18.2 Å². The highest BCUT2D eigenvalue weighted by Gasteiger charge is 2.31. The molecule has 2 unspecified atom stereocenters. The molecule has 3 heteroatoms. The fourth-order valence-corrected chi connectivity index (χ4v) is 1.79. The Bertz CT molecular complexity index is 422. The van der Waals surface area contributed by atoms with E-state index in [2.05, 4.69) is 18.3 Å². The van der Waals surface area contributed by atoms with Gasteiger partial charge in [-0.3, -0.25) is 0 Å². The number of nitrogens with zero attached hydrogens (tertiary/aromatic N) is 1. The van der Waals surface area contributed by atoms with Gasteiger partial charge in [0.2, 0.25) is 0 Å². The number of hydrogen-bond acceptors (Lipinski definition) is 3. The summed E-state index contributed by atoms with van der Waals surface area (Å²) in [5.41, 5.74) is 1.75. The molecule has 1 N–H and O–H groups in total. The van der Waals surface area contributed by atoms with Crippen LogP contribution >= 0.6 is 0 Å². The van der Waals surface area contributed by atoms with E-state index in [0.717, 1.165) is 18.0 Å². The second kappa shape index (κ2) is 4.54. The lowest BCUT2D eigenvalue weighted by Gasteiger charge is -2.07. The molecular formula is C13H16N2O. The first kappa shape index (κ1) is 11.0. The molecule has 0 aliphatic heterocycles. The van der Waals surface area contributed by atoms with E-state index >= 15 is 0 Å². The topological polar surface area (TPSA) is 45.0 Å². The molecule has 3 nitrogen and oxygen atoms in total. The molecule has 1 aliphatic rings. The summed E-state index contributed by atoms with van der Waals surface area (Å²) < 4.78 is 5.17. The highest BCUT2D eigenvalue weighted by molar-refractivity contribution is 5.45. The zero-order chi connectivity index (χ0) is 11.5. The molecule has 1 fully saturated rings. The van der Waals surface area contributed by atoms with Crippen molar-refractivity contribution in [2.45, 2.75) is 25.9 Å². The summed E-state index contributed by atoms with van der Waals surface area (Å²) in [5.74, 6) is 1.46. The molecule has 1 aromatic carbocycles. The van der Waals surface area contributed by atoms with Gasteiger partial charge < -0.3 is 10.1 Å². The van der Waals surface area contributed by atoms with Crippen LogP contribution in [0.25, 0.3) is 0 Å². The van der Waals surface area contributed by atoms with Crippen LogP contribution in [0.2, 0.25) is 0 Å². The number of rotatable bonds is 4. The molecule has 0 amide bonds. The summed E-state index contributed by atoms with van der Waals surface area (Å²) >= 11 is 0. The molecule has 2 rings (SSSR count). The van der Waals surface area contributed by atoms with Crippen molar-refractivity contribution in [3.05, 3.63) is 29.3 Å². The standard InChI is InChI=1S/C13H16N2O/c1-9-5-12(9)15-8-10-3-4-11(7-14)13(6-10)16-2/h3-4,6,9,12,15H,5,8H2,1-2H3. The predicted octanol–water partition coefficient (Wildman–Crippen LogP) is 2.06. The molecule has 0 spiro atoms. The number of ether oxygens (including phenoxy) is 1. The van der Waals surface area contributed by atoms with Gasteiger partial charge >= 0.3 is 0 Å². The molecule has 0 heterocycles. The second-order valence-electron chi connectivity index (χ2n) is 4.35. The maximum absolute atomic E-state index is 8.86. The van der Waals surface area contributed by atoms with Crippen LogP contribution in [0.1, 0.15) is 24.5 Å². The number of benzene rings is 1. The van der Waals surface area contributed by atoms with Crippen molar-refractivity contribution in [1.29, 1.82) is 5.26 Å². The molecule has 84 valence electrons. The number of nitrogens with one attached hydrogen (secondary N) is 1. The third-order valence-corrected chi connectivity index (χ3v) is 3.06. The van der Waals surface area contributed by atoms with E-state index in [-0.39, 0.29) is 0 Å². The average Bonchev–Trinajstić information content (AvgIpc) is 3.02. The van der Waals surface area contributed by atoms with Crippen molar-refractivity contribution >= 4 is 0 Å². The minimum atomic E-state index is 0.589. The van der Waals surface area contributed by atoms with Gasteiger partial charge in [0.25, 0.3) is 0 Å². The molecule has 16 heavy (non-hydrogen) atoms. The Kier molecular flexibility index (Phi) is 3.12. The summed E-state index contributed by atoms with van der Waals surface area (Å²) in [7, 11) is 1.59. The maximum atomic E-state index is 8.86. The third-order valence-electron chi connectivity index (χ3n) is 3.06.